The van der Waals surface area contributed by atoms with Crippen LogP contribution in [0.3, 0.4) is 0 Å². The van der Waals surface area contributed by atoms with Crippen molar-refractivity contribution in [3.63, 3.8) is 0 Å². The lowest BCUT2D eigenvalue weighted by molar-refractivity contribution is 0.0991. The molecule has 180 valence electrons. The van der Waals surface area contributed by atoms with Crippen molar-refractivity contribution in [3.05, 3.63) is 58.9 Å². The monoisotopic (exact) mass is 491 g/mol. The van der Waals surface area contributed by atoms with E-state index in [0.717, 1.165) is 37.4 Å². The number of carbonyl (C=O) groups excluding carboxylic acids is 2. The van der Waals surface area contributed by atoms with Gasteiger partial charge in [-0.15, -0.1) is 11.3 Å². The van der Waals surface area contributed by atoms with Gasteiger partial charge in [0.25, 0.3) is 11.8 Å². The number of aromatic nitrogens is 2. The minimum absolute atomic E-state index is 0.165. The first-order valence-electron chi connectivity index (χ1n) is 11.3. The predicted molar refractivity (Wildman–Crippen MR) is 136 cm³/mol. The lowest BCUT2D eigenvalue weighted by atomic mass is 10.1. The predicted octanol–water partition coefficient (Wildman–Crippen LogP) is 2.44. The Morgan fingerprint density at radius 1 is 1.29 bits per heavy atom. The third-order valence-electron chi connectivity index (χ3n) is 5.86. The normalized spacial score (nSPS) is 15.1. The van der Waals surface area contributed by atoms with Gasteiger partial charge in [-0.3, -0.25) is 24.5 Å². The van der Waals surface area contributed by atoms with E-state index in [1.54, 1.807) is 28.7 Å². The summed E-state index contributed by atoms with van der Waals surface area (Å²) in [4.78, 5) is 42.2. The van der Waals surface area contributed by atoms with Crippen molar-refractivity contribution in [3.8, 4) is 5.75 Å². The topological polar surface area (TPSA) is 112 Å². The van der Waals surface area contributed by atoms with Gasteiger partial charge in [0.1, 0.15) is 18.1 Å². The molecule has 0 aliphatic carbocycles. The Kier molecular flexibility index (Phi) is 6.68. The first-order valence-corrected chi connectivity index (χ1v) is 12.2. The van der Waals surface area contributed by atoms with Gasteiger partial charge < -0.3 is 20.3 Å². The maximum Gasteiger partial charge on any atom is 0.275 e. The highest BCUT2D eigenvalue weighted by atomic mass is 32.1. The summed E-state index contributed by atoms with van der Waals surface area (Å²) in [5.74, 6) is 0.105. The van der Waals surface area contributed by atoms with E-state index in [1.165, 1.54) is 11.3 Å². The molecule has 4 heterocycles. The lowest BCUT2D eigenvalue weighted by Gasteiger charge is -2.30. The Labute approximate surface area is 206 Å². The molecule has 0 unspecified atom stereocenters. The highest BCUT2D eigenvalue weighted by Gasteiger charge is 2.31. The molecule has 10 nitrogen and oxygen atoms in total. The summed E-state index contributed by atoms with van der Waals surface area (Å²) in [5.41, 5.74) is 3.28. The summed E-state index contributed by atoms with van der Waals surface area (Å²) >= 11 is 1.26. The van der Waals surface area contributed by atoms with Gasteiger partial charge in [-0.2, -0.15) is 0 Å². The van der Waals surface area contributed by atoms with Gasteiger partial charge in [0.2, 0.25) is 0 Å². The van der Waals surface area contributed by atoms with Crippen molar-refractivity contribution in [2.45, 2.75) is 6.54 Å². The van der Waals surface area contributed by atoms with Gasteiger partial charge in [0.15, 0.2) is 5.13 Å². The quantitative estimate of drug-likeness (QED) is 0.368. The van der Waals surface area contributed by atoms with Crippen LogP contribution in [-0.4, -0.2) is 67.8 Å². The van der Waals surface area contributed by atoms with Crippen LogP contribution in [0.4, 0.5) is 16.5 Å². The van der Waals surface area contributed by atoms with Crippen LogP contribution in [0.2, 0.25) is 0 Å². The maximum absolute atomic E-state index is 13.1. The Hall–Kier alpha value is -3.83. The number of benzene rings is 1. The minimum Gasteiger partial charge on any atom is -0.492 e. The second-order valence-electron chi connectivity index (χ2n) is 8.11. The van der Waals surface area contributed by atoms with Gasteiger partial charge in [0.05, 0.1) is 30.7 Å². The summed E-state index contributed by atoms with van der Waals surface area (Å²) in [6.45, 7) is 8.19. The second kappa shape index (κ2) is 10.2. The molecule has 3 aromatic rings. The number of amides is 2. The molecule has 2 aliphatic heterocycles. The van der Waals surface area contributed by atoms with Gasteiger partial charge in [-0.25, -0.2) is 4.98 Å². The maximum atomic E-state index is 13.1. The molecule has 0 bridgehead atoms. The second-order valence-corrected chi connectivity index (χ2v) is 8.94. The number of fused-ring (bicyclic) bond motifs is 1. The number of thiazole rings is 1. The highest BCUT2D eigenvalue weighted by Crippen LogP contribution is 2.33. The van der Waals surface area contributed by atoms with Crippen molar-refractivity contribution in [2.75, 3.05) is 54.4 Å². The van der Waals surface area contributed by atoms with Crippen molar-refractivity contribution in [1.29, 1.82) is 0 Å². The molecular formula is C24H25N7O3S. The van der Waals surface area contributed by atoms with Gasteiger partial charge >= 0.3 is 0 Å². The SMILES string of the molecule is C=NCCOc1ccc2c(c1)C(=O)N(c1nc(C(=O)Nc3cnccc3N3CCNCC3)cs1)C2. The molecule has 1 fully saturated rings. The Bertz CT molecular complexity index is 1260. The molecular weight excluding hydrogens is 466 g/mol. The standard InChI is InChI=1S/C24H25N7O3S/c1-25-8-11-34-17-3-2-16-14-31(23(33)18(16)12-17)24-29-20(15-35-24)22(32)28-19-13-27-5-4-21(19)30-9-6-26-7-10-30/h2-5,12-13,15,26H,1,6-11,14H2,(H,28,32). The van der Waals surface area contributed by atoms with E-state index in [-0.39, 0.29) is 17.5 Å². The molecule has 0 saturated carbocycles. The number of ether oxygens (including phenoxy) is 1. The van der Waals surface area contributed by atoms with Crippen LogP contribution in [0.5, 0.6) is 5.75 Å². The van der Waals surface area contributed by atoms with E-state index < -0.39 is 0 Å². The smallest absolute Gasteiger partial charge is 0.275 e. The average Bonchev–Trinajstić information content (AvgIpc) is 3.50. The van der Waals surface area contributed by atoms with E-state index in [2.05, 4.69) is 37.2 Å². The zero-order chi connectivity index (χ0) is 24.2. The van der Waals surface area contributed by atoms with E-state index in [9.17, 15) is 9.59 Å². The fourth-order valence-corrected chi connectivity index (χ4v) is 4.90. The molecule has 0 spiro atoms. The van der Waals surface area contributed by atoms with Crippen molar-refractivity contribution in [2.24, 2.45) is 4.99 Å². The number of carbonyl (C=O) groups is 2. The van der Waals surface area contributed by atoms with Crippen molar-refractivity contribution in [1.82, 2.24) is 15.3 Å². The van der Waals surface area contributed by atoms with Crippen molar-refractivity contribution >= 4 is 46.4 Å². The Balaban J connectivity index is 1.28. The molecule has 35 heavy (non-hydrogen) atoms. The minimum atomic E-state index is -0.340. The molecule has 5 rings (SSSR count). The van der Waals surface area contributed by atoms with Crippen LogP contribution in [0.25, 0.3) is 0 Å². The fourth-order valence-electron chi connectivity index (χ4n) is 4.10. The number of nitrogens with one attached hydrogen (secondary N) is 2. The van der Waals surface area contributed by atoms with Crippen LogP contribution in [0.15, 0.2) is 47.0 Å². The van der Waals surface area contributed by atoms with E-state index in [0.29, 0.717) is 41.8 Å². The number of anilines is 3. The Morgan fingerprint density at radius 3 is 2.97 bits per heavy atom. The molecule has 11 heteroatoms. The van der Waals surface area contributed by atoms with E-state index in [1.807, 2.05) is 18.2 Å². The zero-order valence-corrected chi connectivity index (χ0v) is 19.9. The number of rotatable bonds is 8. The van der Waals surface area contributed by atoms with Gasteiger partial charge in [0, 0.05) is 43.3 Å². The van der Waals surface area contributed by atoms with Crippen LogP contribution in [0.1, 0.15) is 26.4 Å². The van der Waals surface area contributed by atoms with Gasteiger partial charge in [-0.05, 0) is 30.5 Å². The summed E-state index contributed by atoms with van der Waals surface area (Å²) in [6.07, 6.45) is 3.37. The molecule has 2 N–H and O–H groups in total. The number of hydrogen-bond acceptors (Lipinski definition) is 9. The van der Waals surface area contributed by atoms with E-state index in [4.69, 9.17) is 4.74 Å². The van der Waals surface area contributed by atoms with Crippen LogP contribution >= 0.6 is 11.3 Å². The van der Waals surface area contributed by atoms with Crippen LogP contribution in [0, 0.1) is 0 Å². The fraction of sp³-hybridized carbons (Fsp3) is 0.292. The Morgan fingerprint density at radius 2 is 2.14 bits per heavy atom. The molecule has 2 aromatic heterocycles. The number of pyridine rings is 1. The van der Waals surface area contributed by atoms with Crippen LogP contribution in [-0.2, 0) is 6.54 Å². The first kappa shape index (κ1) is 22.9. The molecule has 0 radical (unpaired) electrons. The molecule has 0 atom stereocenters. The van der Waals surface area contributed by atoms with E-state index >= 15 is 0 Å². The summed E-state index contributed by atoms with van der Waals surface area (Å²) in [7, 11) is 0. The molecule has 1 aromatic carbocycles. The number of nitrogens with zero attached hydrogens (tertiary/aromatic N) is 5. The van der Waals surface area contributed by atoms with Crippen molar-refractivity contribution < 1.29 is 14.3 Å². The highest BCUT2D eigenvalue weighted by molar-refractivity contribution is 7.14. The molecule has 1 saturated heterocycles. The summed E-state index contributed by atoms with van der Waals surface area (Å²) < 4.78 is 5.62. The average molecular weight is 492 g/mol. The number of aliphatic imine (C=N–C) groups is 1. The van der Waals surface area contributed by atoms with Crippen LogP contribution < -0.4 is 25.2 Å². The molecule has 2 aliphatic rings. The van der Waals surface area contributed by atoms with Gasteiger partial charge in [-0.1, -0.05) is 6.07 Å². The largest absolute Gasteiger partial charge is 0.492 e. The third-order valence-corrected chi connectivity index (χ3v) is 6.73. The first-order chi connectivity index (χ1) is 17.1. The number of piperazine rings is 1. The lowest BCUT2D eigenvalue weighted by Crippen LogP contribution is -2.43. The summed E-state index contributed by atoms with van der Waals surface area (Å²) in [5, 5.41) is 8.40. The third kappa shape index (κ3) is 4.86. The molecule has 2 amide bonds. The summed E-state index contributed by atoms with van der Waals surface area (Å²) in [6, 6.07) is 7.36. The number of hydrogen-bond donors (Lipinski definition) is 2. The zero-order valence-electron chi connectivity index (χ0n) is 19.1.